The van der Waals surface area contributed by atoms with E-state index in [1.165, 1.54) is 13.0 Å². The van der Waals surface area contributed by atoms with Crippen LogP contribution >= 0.6 is 0 Å². The molecule has 1 N–H and O–H groups in total. The molecule has 74 valence electrons. The molecule has 0 aromatic rings. The van der Waals surface area contributed by atoms with Gasteiger partial charge in [0, 0.05) is 5.71 Å². The number of carbonyl (C=O) groups excluding carboxylic acids is 2. The third-order valence-electron chi connectivity index (χ3n) is 1.76. The van der Waals surface area contributed by atoms with E-state index in [0.29, 0.717) is 5.71 Å². The number of hydrogen-bond donors (Lipinski definition) is 1. The molecule has 0 heterocycles. The van der Waals surface area contributed by atoms with Crippen molar-refractivity contribution in [1.82, 2.24) is 0 Å². The van der Waals surface area contributed by atoms with E-state index in [-0.39, 0.29) is 6.42 Å². The molecular formula is C9H9NO4. The summed E-state index contributed by atoms with van der Waals surface area (Å²) in [5, 5.41) is 8.55. The normalized spacial score (nSPS) is 21.4. The lowest BCUT2D eigenvalue weighted by Gasteiger charge is -2.06. The van der Waals surface area contributed by atoms with Crippen LogP contribution in [-0.4, -0.2) is 34.4 Å². The quantitative estimate of drug-likeness (QED) is 0.628. The first-order chi connectivity index (χ1) is 6.50. The molecule has 0 saturated carbocycles. The van der Waals surface area contributed by atoms with Crippen LogP contribution in [0.5, 0.6) is 0 Å². The number of nitrogens with zero attached hydrogens (tertiary/aromatic N) is 1. The van der Waals surface area contributed by atoms with Crippen molar-refractivity contribution in [3.63, 3.8) is 0 Å². The summed E-state index contributed by atoms with van der Waals surface area (Å²) in [4.78, 5) is 35.9. The minimum absolute atomic E-state index is 0.104. The van der Waals surface area contributed by atoms with Crippen LogP contribution in [0, 0.1) is 0 Å². The largest absolute Gasteiger partial charge is 0.480 e. The third kappa shape index (κ3) is 2.35. The Kier molecular flexibility index (Phi) is 2.91. The number of carbonyl (C=O) groups is 3. The average molecular weight is 195 g/mol. The molecule has 0 bridgehead atoms. The molecule has 1 rings (SSSR count). The number of allylic oxidation sites excluding steroid dienone is 2. The Morgan fingerprint density at radius 2 is 2.14 bits per heavy atom. The first-order valence-electron chi connectivity index (χ1n) is 4.05. The van der Waals surface area contributed by atoms with Crippen molar-refractivity contribution in [2.45, 2.75) is 19.4 Å². The SMILES string of the molecule is C[C@H](N=C1C=CC(=O)C(=O)C1)C(=O)O. The number of carboxylic acids is 1. The van der Waals surface area contributed by atoms with Crippen LogP contribution in [0.1, 0.15) is 13.3 Å². The molecule has 0 spiro atoms. The van der Waals surface area contributed by atoms with Crippen LogP contribution in [0.15, 0.2) is 17.1 Å². The predicted molar refractivity (Wildman–Crippen MR) is 48.3 cm³/mol. The number of rotatable bonds is 2. The average Bonchev–Trinajstić information content (AvgIpc) is 2.11. The number of Topliss-reactive ketones (excluding diaryl/α,β-unsaturated/α-hetero) is 1. The van der Waals surface area contributed by atoms with Crippen molar-refractivity contribution in [3.8, 4) is 0 Å². The molecule has 0 fully saturated rings. The Labute approximate surface area is 80.1 Å². The van der Waals surface area contributed by atoms with Gasteiger partial charge in [-0.25, -0.2) is 4.79 Å². The molecule has 1 atom stereocenters. The fourth-order valence-electron chi connectivity index (χ4n) is 0.968. The molecule has 0 amide bonds. The number of carboxylic acid groups (broad SMARTS) is 1. The maximum Gasteiger partial charge on any atom is 0.328 e. The van der Waals surface area contributed by atoms with E-state index < -0.39 is 23.6 Å². The minimum Gasteiger partial charge on any atom is -0.480 e. The molecule has 1 aliphatic carbocycles. The van der Waals surface area contributed by atoms with E-state index in [1.807, 2.05) is 0 Å². The molecule has 0 unspecified atom stereocenters. The van der Waals surface area contributed by atoms with Gasteiger partial charge in [-0.2, -0.15) is 0 Å². The zero-order valence-corrected chi connectivity index (χ0v) is 7.56. The molecule has 0 aromatic carbocycles. The first-order valence-corrected chi connectivity index (χ1v) is 4.05. The maximum absolute atomic E-state index is 10.9. The van der Waals surface area contributed by atoms with Gasteiger partial charge in [-0.3, -0.25) is 14.6 Å². The van der Waals surface area contributed by atoms with Gasteiger partial charge in [0.05, 0.1) is 6.42 Å². The summed E-state index contributed by atoms with van der Waals surface area (Å²) in [5.74, 6) is -2.17. The summed E-state index contributed by atoms with van der Waals surface area (Å²) in [6, 6.07) is -0.893. The van der Waals surface area contributed by atoms with Crippen molar-refractivity contribution in [2.75, 3.05) is 0 Å². The lowest BCUT2D eigenvalue weighted by Crippen LogP contribution is -2.22. The van der Waals surface area contributed by atoms with Crippen molar-refractivity contribution in [2.24, 2.45) is 4.99 Å². The fourth-order valence-corrected chi connectivity index (χ4v) is 0.968. The van der Waals surface area contributed by atoms with Gasteiger partial charge in [-0.15, -0.1) is 0 Å². The Morgan fingerprint density at radius 3 is 2.64 bits per heavy atom. The molecule has 0 aliphatic heterocycles. The van der Waals surface area contributed by atoms with Crippen LogP contribution in [0.4, 0.5) is 0 Å². The van der Waals surface area contributed by atoms with Gasteiger partial charge in [0.2, 0.25) is 11.6 Å². The lowest BCUT2D eigenvalue weighted by atomic mass is 10.0. The summed E-state index contributed by atoms with van der Waals surface area (Å²) in [6.07, 6.45) is 2.38. The highest BCUT2D eigenvalue weighted by Crippen LogP contribution is 2.03. The molecule has 1 aliphatic rings. The summed E-state index contributed by atoms with van der Waals surface area (Å²) >= 11 is 0. The zero-order valence-electron chi connectivity index (χ0n) is 7.56. The van der Waals surface area contributed by atoms with E-state index in [0.717, 1.165) is 6.08 Å². The van der Waals surface area contributed by atoms with Gasteiger partial charge in [-0.05, 0) is 19.1 Å². The molecular weight excluding hydrogens is 186 g/mol. The van der Waals surface area contributed by atoms with E-state index in [9.17, 15) is 14.4 Å². The summed E-state index contributed by atoms with van der Waals surface area (Å²) < 4.78 is 0. The monoisotopic (exact) mass is 195 g/mol. The summed E-state index contributed by atoms with van der Waals surface area (Å²) in [7, 11) is 0. The molecule has 0 aromatic heterocycles. The van der Waals surface area contributed by atoms with Crippen LogP contribution in [0.2, 0.25) is 0 Å². The van der Waals surface area contributed by atoms with Gasteiger partial charge in [-0.1, -0.05) is 0 Å². The van der Waals surface area contributed by atoms with Crippen molar-refractivity contribution >= 4 is 23.2 Å². The second kappa shape index (κ2) is 3.95. The van der Waals surface area contributed by atoms with E-state index in [2.05, 4.69) is 4.99 Å². The smallest absolute Gasteiger partial charge is 0.328 e. The Bertz CT molecular complexity index is 354. The van der Waals surface area contributed by atoms with Gasteiger partial charge in [0.25, 0.3) is 0 Å². The highest BCUT2D eigenvalue weighted by molar-refractivity contribution is 6.47. The minimum atomic E-state index is -1.06. The Balaban J connectivity index is 2.81. The number of aliphatic carboxylic acids is 1. The van der Waals surface area contributed by atoms with Crippen LogP contribution in [0.25, 0.3) is 0 Å². The zero-order chi connectivity index (χ0) is 10.7. The number of ketones is 2. The second-order valence-electron chi connectivity index (χ2n) is 2.93. The Morgan fingerprint density at radius 1 is 1.50 bits per heavy atom. The van der Waals surface area contributed by atoms with Gasteiger partial charge in [0.15, 0.2) is 0 Å². The summed E-state index contributed by atoms with van der Waals surface area (Å²) in [5.41, 5.74) is 0.338. The van der Waals surface area contributed by atoms with Crippen LogP contribution < -0.4 is 0 Å². The third-order valence-corrected chi connectivity index (χ3v) is 1.76. The summed E-state index contributed by atoms with van der Waals surface area (Å²) in [6.45, 7) is 1.41. The molecule has 14 heavy (non-hydrogen) atoms. The lowest BCUT2D eigenvalue weighted by molar-refractivity contribution is -0.138. The second-order valence-corrected chi connectivity index (χ2v) is 2.93. The maximum atomic E-state index is 10.9. The van der Waals surface area contributed by atoms with E-state index >= 15 is 0 Å². The van der Waals surface area contributed by atoms with Crippen LogP contribution in [-0.2, 0) is 14.4 Å². The topological polar surface area (TPSA) is 83.8 Å². The molecule has 0 saturated heterocycles. The van der Waals surface area contributed by atoms with Crippen LogP contribution in [0.3, 0.4) is 0 Å². The molecule has 5 heteroatoms. The molecule has 0 radical (unpaired) electrons. The van der Waals surface area contributed by atoms with Gasteiger partial charge >= 0.3 is 5.97 Å². The first kappa shape index (κ1) is 10.3. The van der Waals surface area contributed by atoms with E-state index in [1.54, 1.807) is 0 Å². The van der Waals surface area contributed by atoms with Gasteiger partial charge in [0.1, 0.15) is 6.04 Å². The van der Waals surface area contributed by atoms with Crippen molar-refractivity contribution in [3.05, 3.63) is 12.2 Å². The standard InChI is InChI=1S/C9H9NO4/c1-5(9(13)14)10-6-2-3-7(11)8(12)4-6/h2-3,5H,4H2,1H3,(H,13,14)/t5-/m0/s1. The Hall–Kier alpha value is -1.78. The predicted octanol–water partition coefficient (Wildman–Crippen LogP) is -0.00140. The number of aliphatic imine (C=N–C) groups is 1. The van der Waals surface area contributed by atoms with E-state index in [4.69, 9.17) is 5.11 Å². The number of hydrogen-bond acceptors (Lipinski definition) is 4. The van der Waals surface area contributed by atoms with Gasteiger partial charge < -0.3 is 5.11 Å². The van der Waals surface area contributed by atoms with Crippen molar-refractivity contribution < 1.29 is 19.5 Å². The molecule has 5 nitrogen and oxygen atoms in total. The van der Waals surface area contributed by atoms with Crippen molar-refractivity contribution in [1.29, 1.82) is 0 Å². The highest BCUT2D eigenvalue weighted by atomic mass is 16.4. The highest BCUT2D eigenvalue weighted by Gasteiger charge is 2.19. The fraction of sp³-hybridized carbons (Fsp3) is 0.333.